The second kappa shape index (κ2) is 12.1. The van der Waals surface area contributed by atoms with Gasteiger partial charge in [0.1, 0.15) is 22.6 Å². The highest BCUT2D eigenvalue weighted by Gasteiger charge is 2.21. The summed E-state index contributed by atoms with van der Waals surface area (Å²) < 4.78 is 2.88. The maximum Gasteiger partial charge on any atom is 0.331 e. The van der Waals surface area contributed by atoms with Crippen LogP contribution in [0.4, 0.5) is 0 Å². The molecule has 4 N–H and O–H groups in total. The van der Waals surface area contributed by atoms with Gasteiger partial charge in [-0.2, -0.15) is 10.2 Å². The molecule has 0 aliphatic carbocycles. The lowest BCUT2D eigenvalue weighted by Gasteiger charge is -2.15. The summed E-state index contributed by atoms with van der Waals surface area (Å²) in [5.74, 6) is -3.07. The molecule has 0 fully saturated rings. The van der Waals surface area contributed by atoms with E-state index in [0.29, 0.717) is 34.0 Å². The van der Waals surface area contributed by atoms with Gasteiger partial charge in [0.15, 0.2) is 0 Å². The van der Waals surface area contributed by atoms with Crippen LogP contribution in [0.25, 0.3) is 27.5 Å². The number of carbonyl (C=O) groups is 2. The topological polar surface area (TPSA) is 167 Å². The smallest absolute Gasteiger partial charge is 0.331 e. The van der Waals surface area contributed by atoms with E-state index < -0.39 is 22.9 Å². The molecule has 0 saturated heterocycles. The van der Waals surface area contributed by atoms with Crippen molar-refractivity contribution in [2.45, 2.75) is 27.3 Å². The Morgan fingerprint density at radius 3 is 1.68 bits per heavy atom. The molecule has 222 valence electrons. The first-order valence-corrected chi connectivity index (χ1v) is 13.6. The van der Waals surface area contributed by atoms with Crippen molar-refractivity contribution in [1.29, 1.82) is 0 Å². The molecule has 0 atom stereocenters. The highest BCUT2D eigenvalue weighted by Crippen LogP contribution is 2.29. The van der Waals surface area contributed by atoms with Crippen LogP contribution in [0.3, 0.4) is 0 Å². The van der Waals surface area contributed by atoms with E-state index in [1.165, 1.54) is 23.0 Å². The quantitative estimate of drug-likeness (QED) is 0.134. The minimum atomic E-state index is -1.22. The zero-order chi connectivity index (χ0) is 31.5. The monoisotopic (exact) mass is 592 g/mol. The molecule has 44 heavy (non-hydrogen) atoms. The molecule has 3 aromatic carbocycles. The Bertz CT molecular complexity index is 2130. The van der Waals surface area contributed by atoms with Gasteiger partial charge in [0.2, 0.25) is 0 Å². The van der Waals surface area contributed by atoms with Crippen molar-refractivity contribution in [1.82, 2.24) is 20.0 Å². The van der Waals surface area contributed by atoms with Crippen LogP contribution in [-0.4, -0.2) is 42.6 Å². The minimum Gasteiger partial charge on any atom is -0.506 e. The number of nitrogens with one attached hydrogen (secondary N) is 2. The number of rotatable bonds is 6. The number of hydrazone groups is 2. The van der Waals surface area contributed by atoms with Crippen LogP contribution in [0.5, 0.6) is 11.5 Å². The molecule has 2 heterocycles. The van der Waals surface area contributed by atoms with Gasteiger partial charge in [-0.15, -0.1) is 0 Å². The molecule has 0 radical (unpaired) electrons. The molecule has 12 heteroatoms. The second-order valence-electron chi connectivity index (χ2n) is 9.78. The summed E-state index contributed by atoms with van der Waals surface area (Å²) in [7, 11) is 0. The van der Waals surface area contributed by atoms with E-state index in [1.807, 2.05) is 6.07 Å². The molecular weight excluding hydrogens is 564 g/mol. The number of fused-ring (bicyclic) bond motifs is 2. The van der Waals surface area contributed by atoms with Gasteiger partial charge in [-0.05, 0) is 57.2 Å². The first kappa shape index (κ1) is 29.5. The predicted octanol–water partition coefficient (Wildman–Crippen LogP) is 3.12. The van der Waals surface area contributed by atoms with Gasteiger partial charge in [-0.1, -0.05) is 42.5 Å². The molecule has 0 spiro atoms. The van der Waals surface area contributed by atoms with E-state index in [9.17, 15) is 29.4 Å². The molecule has 0 aliphatic rings. The fourth-order valence-electron chi connectivity index (χ4n) is 5.00. The van der Waals surface area contributed by atoms with Crippen LogP contribution in [0, 0.1) is 0 Å². The largest absolute Gasteiger partial charge is 0.506 e. The molecule has 0 bridgehead atoms. The third kappa shape index (κ3) is 5.20. The van der Waals surface area contributed by atoms with E-state index in [-0.39, 0.29) is 34.0 Å². The van der Waals surface area contributed by atoms with Gasteiger partial charge in [-0.25, -0.2) is 10.9 Å². The number of aromatic nitrogens is 2. The van der Waals surface area contributed by atoms with E-state index >= 15 is 0 Å². The van der Waals surface area contributed by atoms with Crippen molar-refractivity contribution in [2.24, 2.45) is 10.2 Å². The van der Waals surface area contributed by atoms with Gasteiger partial charge in [0.25, 0.3) is 11.1 Å². The summed E-state index contributed by atoms with van der Waals surface area (Å²) in [6.45, 7) is 4.92. The van der Waals surface area contributed by atoms with E-state index in [1.54, 1.807) is 79.7 Å². The van der Waals surface area contributed by atoms with Crippen molar-refractivity contribution in [3.8, 4) is 17.2 Å². The number of nitrogens with zero attached hydrogens (tertiary/aromatic N) is 4. The fourth-order valence-corrected chi connectivity index (χ4v) is 5.00. The minimum absolute atomic E-state index is 0.0242. The Hall–Kier alpha value is -6.04. The summed E-state index contributed by atoms with van der Waals surface area (Å²) >= 11 is 0. The van der Waals surface area contributed by atoms with Gasteiger partial charge >= 0.3 is 11.8 Å². The number of aryl methyl sites for hydroxylation is 1. The van der Waals surface area contributed by atoms with Crippen molar-refractivity contribution >= 4 is 45.0 Å². The van der Waals surface area contributed by atoms with Gasteiger partial charge in [-0.3, -0.25) is 23.7 Å². The third-order valence-electron chi connectivity index (χ3n) is 7.11. The van der Waals surface area contributed by atoms with Crippen LogP contribution in [-0.2, 0) is 16.1 Å². The molecule has 0 aliphatic heterocycles. The highest BCUT2D eigenvalue weighted by molar-refractivity contribution is 6.35. The first-order valence-electron chi connectivity index (χ1n) is 13.6. The Morgan fingerprint density at radius 1 is 0.682 bits per heavy atom. The summed E-state index contributed by atoms with van der Waals surface area (Å²) in [5, 5.41) is 30.3. The summed E-state index contributed by atoms with van der Waals surface area (Å²) in [4.78, 5) is 51.7. The Labute approximate surface area is 250 Å². The maximum absolute atomic E-state index is 13.6. The number of aromatic hydroxyl groups is 2. The lowest BCUT2D eigenvalue weighted by molar-refractivity contribution is -0.139. The maximum atomic E-state index is 13.6. The molecule has 0 unspecified atom stereocenters. The van der Waals surface area contributed by atoms with Crippen LogP contribution in [0.15, 0.2) is 98.7 Å². The molecule has 12 nitrogen and oxygen atoms in total. The van der Waals surface area contributed by atoms with Crippen LogP contribution in [0.1, 0.15) is 31.9 Å². The van der Waals surface area contributed by atoms with Crippen molar-refractivity contribution in [3.05, 3.63) is 111 Å². The van der Waals surface area contributed by atoms with Crippen molar-refractivity contribution in [3.63, 3.8) is 0 Å². The third-order valence-corrected chi connectivity index (χ3v) is 7.11. The Kier molecular flexibility index (Phi) is 8.07. The fraction of sp³-hybridized carbons (Fsp3) is 0.125. The van der Waals surface area contributed by atoms with Gasteiger partial charge in [0.05, 0.1) is 22.5 Å². The lowest BCUT2D eigenvalue weighted by Crippen LogP contribution is -2.37. The number of para-hydroxylation sites is 3. The van der Waals surface area contributed by atoms with Crippen LogP contribution in [0.2, 0.25) is 0 Å². The number of pyridine rings is 2. The number of carbonyl (C=O) groups excluding carboxylic acids is 2. The van der Waals surface area contributed by atoms with Crippen molar-refractivity contribution < 1.29 is 19.8 Å². The van der Waals surface area contributed by atoms with E-state index in [4.69, 9.17) is 0 Å². The molecular formula is C32H28N6O6. The van der Waals surface area contributed by atoms with Crippen molar-refractivity contribution in [2.75, 3.05) is 0 Å². The second-order valence-corrected chi connectivity index (χ2v) is 9.78. The zero-order valence-electron chi connectivity index (χ0n) is 24.0. The number of benzene rings is 3. The Morgan fingerprint density at radius 2 is 1.14 bits per heavy atom. The average molecular weight is 593 g/mol. The summed E-state index contributed by atoms with van der Waals surface area (Å²) in [5.41, 5.74) is 4.23. The first-order chi connectivity index (χ1) is 21.1. The van der Waals surface area contributed by atoms with E-state index in [2.05, 4.69) is 21.1 Å². The van der Waals surface area contributed by atoms with Gasteiger partial charge < -0.3 is 14.8 Å². The molecule has 2 aromatic heterocycles. The highest BCUT2D eigenvalue weighted by atomic mass is 16.3. The molecule has 0 saturated carbocycles. The van der Waals surface area contributed by atoms with Crippen LogP contribution < -0.4 is 22.0 Å². The summed E-state index contributed by atoms with van der Waals surface area (Å²) in [6, 6.07) is 22.5. The summed E-state index contributed by atoms with van der Waals surface area (Å²) in [6.07, 6.45) is 0. The number of hydrogen-bond acceptors (Lipinski definition) is 8. The standard InChI is InChI=1S/C32H28N6O6/c1-4-37-23-16-10-8-14-21(23)27(39)25(31(37)43)18(2)33-35-29(41)30(42)36-34-19(3)26-28(40)22-15-9-11-17-24(22)38(32(26)44)20-12-6-5-7-13-20/h5-17,39-40H,4H2,1-3H3,(H,35,41)(H,36,42)/b33-18+,34-19+. The predicted molar refractivity (Wildman–Crippen MR) is 167 cm³/mol. The zero-order valence-corrected chi connectivity index (χ0v) is 24.0. The Balaban J connectivity index is 1.41. The molecule has 5 rings (SSSR count). The van der Waals surface area contributed by atoms with Gasteiger partial charge in [0, 0.05) is 23.0 Å². The molecule has 5 aromatic rings. The lowest BCUT2D eigenvalue weighted by atomic mass is 10.1. The number of hydrogen-bond donors (Lipinski definition) is 4. The molecule has 2 amide bonds. The van der Waals surface area contributed by atoms with Crippen LogP contribution >= 0.6 is 0 Å². The average Bonchev–Trinajstić information content (AvgIpc) is 3.03. The SMILES string of the molecule is CCn1c(=O)c(/C(C)=N/NC(=O)C(=O)N/N=C(\C)c2c(O)c3ccccc3n(-c3ccccc3)c2=O)c(O)c2ccccc21. The normalized spacial score (nSPS) is 12.0. The number of amides is 2. The van der Waals surface area contributed by atoms with E-state index in [0.717, 1.165) is 0 Å².